The Morgan fingerprint density at radius 1 is 1.50 bits per heavy atom. The number of hydrogen-bond acceptors (Lipinski definition) is 3. The van der Waals surface area contributed by atoms with Gasteiger partial charge in [-0.05, 0) is 47.8 Å². The second-order valence-corrected chi connectivity index (χ2v) is 8.06. The summed E-state index contributed by atoms with van der Waals surface area (Å²) in [5, 5.41) is 13.2. The second-order valence-electron chi connectivity index (χ2n) is 5.51. The Bertz CT molecular complexity index is 483. The van der Waals surface area contributed by atoms with Crippen LogP contribution in [0.4, 0.5) is 0 Å². The topological polar surface area (TPSA) is 47.9 Å². The molecule has 2 unspecified atom stereocenters. The number of rotatable bonds is 5. The van der Waals surface area contributed by atoms with Gasteiger partial charge in [-0.15, -0.1) is 35.3 Å². The minimum absolute atomic E-state index is 0. The van der Waals surface area contributed by atoms with Crippen LogP contribution in [0, 0.1) is 5.92 Å². The van der Waals surface area contributed by atoms with Crippen molar-refractivity contribution in [2.75, 3.05) is 20.1 Å². The second kappa shape index (κ2) is 10.1. The molecular weight excluding hydrogens is 477 g/mol. The smallest absolute Gasteiger partial charge is 0.193 e. The summed E-state index contributed by atoms with van der Waals surface area (Å²) >= 11 is 5.25. The van der Waals surface area contributed by atoms with Gasteiger partial charge in [0.05, 0.1) is 16.4 Å². The number of nitrogens with one attached hydrogen (secondary N) is 1. The molecule has 2 rings (SSSR count). The normalized spacial score (nSPS) is 21.5. The molecule has 2 N–H and O–H groups in total. The Balaban J connectivity index is 0.00000242. The maximum atomic E-state index is 9.90. The lowest BCUT2D eigenvalue weighted by Gasteiger charge is -2.22. The molecule has 1 aliphatic carbocycles. The van der Waals surface area contributed by atoms with E-state index in [0.717, 1.165) is 42.1 Å². The Hall–Kier alpha value is 0.140. The molecule has 1 saturated carbocycles. The highest BCUT2D eigenvalue weighted by Gasteiger charge is 2.25. The van der Waals surface area contributed by atoms with Crippen LogP contribution in [-0.4, -0.2) is 42.2 Å². The SMILES string of the molecule is CCNC(=NCC1CCCC1O)N(C)Cc1ccc(Br)s1.I. The van der Waals surface area contributed by atoms with Crippen molar-refractivity contribution < 1.29 is 5.11 Å². The van der Waals surface area contributed by atoms with Gasteiger partial charge in [-0.3, -0.25) is 4.99 Å². The van der Waals surface area contributed by atoms with E-state index in [0.29, 0.717) is 12.5 Å². The highest BCUT2D eigenvalue weighted by atomic mass is 127. The molecule has 0 radical (unpaired) electrons. The minimum Gasteiger partial charge on any atom is -0.393 e. The predicted molar refractivity (Wildman–Crippen MR) is 108 cm³/mol. The fraction of sp³-hybridized carbons (Fsp3) is 0.667. The van der Waals surface area contributed by atoms with Crippen LogP contribution in [0.15, 0.2) is 20.9 Å². The number of aliphatic hydroxyl groups is 1. The molecule has 7 heteroatoms. The fourth-order valence-electron chi connectivity index (χ4n) is 2.65. The van der Waals surface area contributed by atoms with Crippen LogP contribution < -0.4 is 5.32 Å². The zero-order chi connectivity index (χ0) is 15.2. The van der Waals surface area contributed by atoms with Crippen LogP contribution in [0.1, 0.15) is 31.1 Å². The van der Waals surface area contributed by atoms with Crippen LogP contribution in [0.3, 0.4) is 0 Å². The molecule has 0 aliphatic heterocycles. The molecule has 2 atom stereocenters. The highest BCUT2D eigenvalue weighted by molar-refractivity contribution is 14.0. The van der Waals surface area contributed by atoms with E-state index in [-0.39, 0.29) is 30.1 Å². The zero-order valence-electron chi connectivity index (χ0n) is 13.1. The number of aliphatic imine (C=N–C) groups is 1. The number of hydrogen-bond donors (Lipinski definition) is 2. The van der Waals surface area contributed by atoms with Gasteiger partial charge in [0.2, 0.25) is 0 Å². The van der Waals surface area contributed by atoms with Crippen molar-refractivity contribution in [1.82, 2.24) is 10.2 Å². The molecule has 126 valence electrons. The number of halogens is 2. The average Bonchev–Trinajstić information content (AvgIpc) is 3.03. The summed E-state index contributed by atoms with van der Waals surface area (Å²) in [7, 11) is 2.06. The van der Waals surface area contributed by atoms with Gasteiger partial charge in [0, 0.05) is 30.9 Å². The Kier molecular flexibility index (Phi) is 9.27. The average molecular weight is 502 g/mol. The summed E-state index contributed by atoms with van der Waals surface area (Å²) in [4.78, 5) is 8.16. The number of thiophene rings is 1. The standard InChI is InChI=1S/C15H24BrN3OS.HI/c1-3-17-15(18-9-11-5-4-6-13(11)20)19(2)10-12-7-8-14(16)21-12;/h7-8,11,13,20H,3-6,9-10H2,1-2H3,(H,17,18);1H. The van der Waals surface area contributed by atoms with Crippen LogP contribution in [-0.2, 0) is 6.54 Å². The van der Waals surface area contributed by atoms with Gasteiger partial charge in [0.25, 0.3) is 0 Å². The molecule has 1 aromatic rings. The molecule has 0 spiro atoms. The highest BCUT2D eigenvalue weighted by Crippen LogP contribution is 2.26. The molecule has 4 nitrogen and oxygen atoms in total. The van der Waals surface area contributed by atoms with Crippen molar-refractivity contribution in [3.8, 4) is 0 Å². The van der Waals surface area contributed by atoms with Gasteiger partial charge in [0.1, 0.15) is 0 Å². The number of guanidine groups is 1. The van der Waals surface area contributed by atoms with Gasteiger partial charge < -0.3 is 15.3 Å². The van der Waals surface area contributed by atoms with Crippen molar-refractivity contribution in [2.45, 2.75) is 38.8 Å². The van der Waals surface area contributed by atoms with Crippen LogP contribution in [0.2, 0.25) is 0 Å². The molecule has 1 aromatic heterocycles. The predicted octanol–water partition coefficient (Wildman–Crippen LogP) is 3.69. The molecule has 0 aromatic carbocycles. The Morgan fingerprint density at radius 3 is 2.82 bits per heavy atom. The summed E-state index contributed by atoms with van der Waals surface area (Å²) in [6.07, 6.45) is 2.97. The lowest BCUT2D eigenvalue weighted by molar-refractivity contribution is 0.136. The van der Waals surface area contributed by atoms with Crippen molar-refractivity contribution >= 4 is 57.2 Å². The van der Waals surface area contributed by atoms with Crippen molar-refractivity contribution in [2.24, 2.45) is 10.9 Å². The first kappa shape index (κ1) is 20.2. The largest absolute Gasteiger partial charge is 0.393 e. The third-order valence-corrected chi connectivity index (χ3v) is 5.42. The van der Waals surface area contributed by atoms with Crippen LogP contribution >= 0.6 is 51.2 Å². The lowest BCUT2D eigenvalue weighted by Crippen LogP contribution is -2.38. The molecule has 0 bridgehead atoms. The molecular formula is C15H25BrIN3OS. The van der Waals surface area contributed by atoms with Gasteiger partial charge in [-0.1, -0.05) is 6.42 Å². The van der Waals surface area contributed by atoms with E-state index >= 15 is 0 Å². The van der Waals surface area contributed by atoms with Crippen molar-refractivity contribution in [1.29, 1.82) is 0 Å². The van der Waals surface area contributed by atoms with E-state index in [1.807, 2.05) is 0 Å². The van der Waals surface area contributed by atoms with E-state index < -0.39 is 0 Å². The number of nitrogens with zero attached hydrogens (tertiary/aromatic N) is 2. The van der Waals surface area contributed by atoms with E-state index in [2.05, 4.69) is 52.3 Å². The summed E-state index contributed by atoms with van der Waals surface area (Å²) in [5.41, 5.74) is 0. The number of aliphatic hydroxyl groups excluding tert-OH is 1. The molecule has 0 amide bonds. The van der Waals surface area contributed by atoms with Crippen molar-refractivity contribution in [3.63, 3.8) is 0 Å². The van der Waals surface area contributed by atoms with Gasteiger partial charge in [-0.25, -0.2) is 0 Å². The maximum absolute atomic E-state index is 9.90. The third kappa shape index (κ3) is 5.98. The first-order chi connectivity index (χ1) is 10.1. The van der Waals surface area contributed by atoms with E-state index in [1.165, 1.54) is 4.88 Å². The van der Waals surface area contributed by atoms with E-state index in [1.54, 1.807) is 11.3 Å². The summed E-state index contributed by atoms with van der Waals surface area (Å²) in [6, 6.07) is 4.21. The van der Waals surface area contributed by atoms with Crippen LogP contribution in [0.25, 0.3) is 0 Å². The Labute approximate surface area is 162 Å². The van der Waals surface area contributed by atoms with E-state index in [9.17, 15) is 5.11 Å². The molecule has 1 aliphatic rings. The summed E-state index contributed by atoms with van der Waals surface area (Å²) < 4.78 is 1.15. The maximum Gasteiger partial charge on any atom is 0.193 e. The van der Waals surface area contributed by atoms with Gasteiger partial charge >= 0.3 is 0 Å². The monoisotopic (exact) mass is 501 g/mol. The first-order valence-corrected chi connectivity index (χ1v) is 9.12. The third-order valence-electron chi connectivity index (χ3n) is 3.81. The van der Waals surface area contributed by atoms with Gasteiger partial charge in [0.15, 0.2) is 5.96 Å². The first-order valence-electron chi connectivity index (χ1n) is 7.52. The minimum atomic E-state index is -0.171. The molecule has 1 fully saturated rings. The summed E-state index contributed by atoms with van der Waals surface area (Å²) in [6.45, 7) is 4.48. The zero-order valence-corrected chi connectivity index (χ0v) is 17.8. The summed E-state index contributed by atoms with van der Waals surface area (Å²) in [5.74, 6) is 1.24. The fourth-order valence-corrected chi connectivity index (χ4v) is 4.19. The quantitative estimate of drug-likeness (QED) is 0.367. The van der Waals surface area contributed by atoms with Gasteiger partial charge in [-0.2, -0.15) is 0 Å². The molecule has 0 saturated heterocycles. The Morgan fingerprint density at radius 2 is 2.27 bits per heavy atom. The molecule has 1 heterocycles. The van der Waals surface area contributed by atoms with Crippen molar-refractivity contribution in [3.05, 3.63) is 20.8 Å². The van der Waals surface area contributed by atoms with E-state index in [4.69, 9.17) is 4.99 Å². The molecule has 22 heavy (non-hydrogen) atoms. The lowest BCUT2D eigenvalue weighted by atomic mass is 10.1. The van der Waals surface area contributed by atoms with Crippen LogP contribution in [0.5, 0.6) is 0 Å².